The van der Waals surface area contributed by atoms with Crippen molar-refractivity contribution in [3.8, 4) is 10.7 Å². The lowest BCUT2D eigenvalue weighted by molar-refractivity contribution is -0.121. The zero-order chi connectivity index (χ0) is 15.8. The monoisotopic (exact) mass is 318 g/mol. The summed E-state index contributed by atoms with van der Waals surface area (Å²) in [5, 5.41) is 8.26. The molecule has 0 aliphatic rings. The summed E-state index contributed by atoms with van der Waals surface area (Å²) >= 11 is 1.54. The SMILES string of the molecule is CC(=O)NCCC(=O)NCCc1csc(-c2ccccn2)n1. The van der Waals surface area contributed by atoms with E-state index in [1.54, 1.807) is 17.5 Å². The number of carbonyl (C=O) groups excluding carboxylic acids is 2. The van der Waals surface area contributed by atoms with E-state index in [9.17, 15) is 9.59 Å². The molecule has 2 rings (SSSR count). The lowest BCUT2D eigenvalue weighted by Crippen LogP contribution is -2.30. The lowest BCUT2D eigenvalue weighted by atomic mass is 10.3. The van der Waals surface area contributed by atoms with Crippen LogP contribution in [0.4, 0.5) is 0 Å². The van der Waals surface area contributed by atoms with Gasteiger partial charge in [0.1, 0.15) is 5.01 Å². The normalized spacial score (nSPS) is 10.2. The van der Waals surface area contributed by atoms with E-state index in [2.05, 4.69) is 20.6 Å². The van der Waals surface area contributed by atoms with Crippen LogP contribution < -0.4 is 10.6 Å². The van der Waals surface area contributed by atoms with Crippen LogP contribution >= 0.6 is 11.3 Å². The second kappa shape index (κ2) is 8.23. The maximum absolute atomic E-state index is 11.6. The van der Waals surface area contributed by atoms with Gasteiger partial charge in [-0.1, -0.05) is 6.07 Å². The van der Waals surface area contributed by atoms with Gasteiger partial charge >= 0.3 is 0 Å². The molecule has 116 valence electrons. The van der Waals surface area contributed by atoms with Gasteiger partial charge in [-0.05, 0) is 12.1 Å². The molecule has 0 spiro atoms. The van der Waals surface area contributed by atoms with Crippen molar-refractivity contribution in [2.24, 2.45) is 0 Å². The molecule has 0 aliphatic carbocycles. The molecular weight excluding hydrogens is 300 g/mol. The predicted octanol–water partition coefficient (Wildman–Crippen LogP) is 1.39. The van der Waals surface area contributed by atoms with E-state index < -0.39 is 0 Å². The zero-order valence-corrected chi connectivity index (χ0v) is 13.2. The van der Waals surface area contributed by atoms with Crippen LogP contribution in [-0.4, -0.2) is 34.9 Å². The molecule has 6 nitrogen and oxygen atoms in total. The van der Waals surface area contributed by atoms with Crippen LogP contribution in [-0.2, 0) is 16.0 Å². The van der Waals surface area contributed by atoms with Crippen molar-refractivity contribution in [3.05, 3.63) is 35.5 Å². The molecule has 22 heavy (non-hydrogen) atoms. The fourth-order valence-electron chi connectivity index (χ4n) is 1.80. The Bertz CT molecular complexity index is 627. The van der Waals surface area contributed by atoms with E-state index in [0.29, 0.717) is 19.5 Å². The first-order valence-corrected chi connectivity index (χ1v) is 7.90. The molecule has 0 saturated carbocycles. The third-order valence-electron chi connectivity index (χ3n) is 2.87. The second-order valence-electron chi connectivity index (χ2n) is 4.69. The minimum absolute atomic E-state index is 0.0751. The second-order valence-corrected chi connectivity index (χ2v) is 5.55. The lowest BCUT2D eigenvalue weighted by Gasteiger charge is -2.04. The van der Waals surface area contributed by atoms with Gasteiger partial charge in [0.05, 0.1) is 11.4 Å². The molecule has 0 bridgehead atoms. The summed E-state index contributed by atoms with van der Waals surface area (Å²) in [6.45, 7) is 2.32. The summed E-state index contributed by atoms with van der Waals surface area (Å²) in [5.74, 6) is -0.203. The van der Waals surface area contributed by atoms with Crippen LogP contribution in [0.1, 0.15) is 19.0 Å². The number of aromatic nitrogens is 2. The van der Waals surface area contributed by atoms with Crippen molar-refractivity contribution in [3.63, 3.8) is 0 Å². The van der Waals surface area contributed by atoms with E-state index in [1.165, 1.54) is 6.92 Å². The fraction of sp³-hybridized carbons (Fsp3) is 0.333. The first-order chi connectivity index (χ1) is 10.6. The van der Waals surface area contributed by atoms with Gasteiger partial charge in [0, 0.05) is 44.4 Å². The largest absolute Gasteiger partial charge is 0.356 e. The molecule has 0 radical (unpaired) electrons. The summed E-state index contributed by atoms with van der Waals surface area (Å²) in [7, 11) is 0. The van der Waals surface area contributed by atoms with Crippen LogP contribution in [0.2, 0.25) is 0 Å². The van der Waals surface area contributed by atoms with Crippen molar-refractivity contribution in [2.75, 3.05) is 13.1 Å². The van der Waals surface area contributed by atoms with Gasteiger partial charge < -0.3 is 10.6 Å². The molecule has 0 fully saturated rings. The maximum Gasteiger partial charge on any atom is 0.221 e. The zero-order valence-electron chi connectivity index (χ0n) is 12.3. The highest BCUT2D eigenvalue weighted by Crippen LogP contribution is 2.21. The molecule has 2 heterocycles. The van der Waals surface area contributed by atoms with Crippen molar-refractivity contribution in [1.29, 1.82) is 0 Å². The Morgan fingerprint density at radius 3 is 2.82 bits per heavy atom. The van der Waals surface area contributed by atoms with Crippen LogP contribution in [0.25, 0.3) is 10.7 Å². The van der Waals surface area contributed by atoms with E-state index >= 15 is 0 Å². The minimum atomic E-state index is -0.127. The number of hydrogen-bond acceptors (Lipinski definition) is 5. The molecule has 2 N–H and O–H groups in total. The van der Waals surface area contributed by atoms with Crippen LogP contribution in [0.5, 0.6) is 0 Å². The quantitative estimate of drug-likeness (QED) is 0.808. The third-order valence-corrected chi connectivity index (χ3v) is 3.78. The molecule has 7 heteroatoms. The highest BCUT2D eigenvalue weighted by molar-refractivity contribution is 7.13. The topological polar surface area (TPSA) is 84.0 Å². The van der Waals surface area contributed by atoms with Crippen molar-refractivity contribution in [1.82, 2.24) is 20.6 Å². The maximum atomic E-state index is 11.6. The summed E-state index contributed by atoms with van der Waals surface area (Å²) < 4.78 is 0. The van der Waals surface area contributed by atoms with Gasteiger partial charge in [0.15, 0.2) is 0 Å². The van der Waals surface area contributed by atoms with E-state index in [-0.39, 0.29) is 18.2 Å². The van der Waals surface area contributed by atoms with Gasteiger partial charge in [0.2, 0.25) is 11.8 Å². The summed E-state index contributed by atoms with van der Waals surface area (Å²) in [6.07, 6.45) is 2.71. The highest BCUT2D eigenvalue weighted by atomic mass is 32.1. The number of nitrogens with zero attached hydrogens (tertiary/aromatic N) is 2. The molecule has 0 saturated heterocycles. The summed E-state index contributed by atoms with van der Waals surface area (Å²) in [4.78, 5) is 31.0. The molecular formula is C15H18N4O2S. The van der Waals surface area contributed by atoms with Crippen LogP contribution in [0.3, 0.4) is 0 Å². The summed E-state index contributed by atoms with van der Waals surface area (Å²) in [5.41, 5.74) is 1.80. The highest BCUT2D eigenvalue weighted by Gasteiger charge is 2.06. The Labute approximate surface area is 133 Å². The van der Waals surface area contributed by atoms with Crippen LogP contribution in [0.15, 0.2) is 29.8 Å². The Hall–Kier alpha value is -2.28. The van der Waals surface area contributed by atoms with Gasteiger partial charge in [-0.2, -0.15) is 0 Å². The molecule has 0 aromatic carbocycles. The Kier molecular flexibility index (Phi) is 6.02. The average molecular weight is 318 g/mol. The minimum Gasteiger partial charge on any atom is -0.356 e. The van der Waals surface area contributed by atoms with E-state index in [1.807, 2.05) is 23.6 Å². The predicted molar refractivity (Wildman–Crippen MR) is 85.4 cm³/mol. The number of thiazole rings is 1. The average Bonchev–Trinajstić information content (AvgIpc) is 2.97. The Morgan fingerprint density at radius 2 is 2.09 bits per heavy atom. The third kappa shape index (κ3) is 5.25. The van der Waals surface area contributed by atoms with Gasteiger partial charge in [0.25, 0.3) is 0 Å². The Balaban J connectivity index is 1.73. The summed E-state index contributed by atoms with van der Waals surface area (Å²) in [6, 6.07) is 5.72. The molecule has 0 atom stereocenters. The smallest absolute Gasteiger partial charge is 0.221 e. The van der Waals surface area contributed by atoms with Gasteiger partial charge in [-0.3, -0.25) is 14.6 Å². The Morgan fingerprint density at radius 1 is 1.23 bits per heavy atom. The number of amides is 2. The molecule has 2 amide bonds. The molecule has 2 aromatic rings. The number of rotatable bonds is 7. The van der Waals surface area contributed by atoms with Gasteiger partial charge in [-0.25, -0.2) is 4.98 Å². The van der Waals surface area contributed by atoms with Crippen molar-refractivity contribution < 1.29 is 9.59 Å². The number of carbonyl (C=O) groups is 2. The molecule has 2 aromatic heterocycles. The molecule has 0 unspecified atom stereocenters. The van der Waals surface area contributed by atoms with Crippen molar-refractivity contribution in [2.45, 2.75) is 19.8 Å². The van der Waals surface area contributed by atoms with E-state index in [0.717, 1.165) is 16.4 Å². The number of pyridine rings is 1. The fourth-order valence-corrected chi connectivity index (χ4v) is 2.63. The first kappa shape index (κ1) is 16.1. The number of nitrogens with one attached hydrogen (secondary N) is 2. The first-order valence-electron chi connectivity index (χ1n) is 7.02. The van der Waals surface area contributed by atoms with Crippen molar-refractivity contribution >= 4 is 23.2 Å². The van der Waals surface area contributed by atoms with E-state index in [4.69, 9.17) is 0 Å². The van der Waals surface area contributed by atoms with Gasteiger partial charge in [-0.15, -0.1) is 11.3 Å². The van der Waals surface area contributed by atoms with Crippen LogP contribution in [0, 0.1) is 0 Å². The molecule has 0 aliphatic heterocycles. The standard InChI is InChI=1S/C15H18N4O2S/c1-11(20)16-9-6-14(21)18-8-5-12-10-22-15(19-12)13-4-2-3-7-17-13/h2-4,7,10H,5-6,8-9H2,1H3,(H,16,20)(H,18,21). The number of hydrogen-bond donors (Lipinski definition) is 2.